The molecule has 6 heteroatoms. The van der Waals surface area contributed by atoms with Crippen molar-refractivity contribution in [2.45, 2.75) is 33.6 Å². The summed E-state index contributed by atoms with van der Waals surface area (Å²) < 4.78 is 6.99. The highest BCUT2D eigenvalue weighted by molar-refractivity contribution is 5.89. The normalized spacial score (nSPS) is 17.1. The van der Waals surface area contributed by atoms with Gasteiger partial charge in [0.1, 0.15) is 0 Å². The highest BCUT2D eigenvalue weighted by atomic mass is 16.5. The third-order valence-corrected chi connectivity index (χ3v) is 5.08. The minimum absolute atomic E-state index is 0.127. The Morgan fingerprint density at radius 2 is 2.00 bits per heavy atom. The van der Waals surface area contributed by atoms with E-state index in [1.807, 2.05) is 48.9 Å². The van der Waals surface area contributed by atoms with Gasteiger partial charge in [0.15, 0.2) is 6.61 Å². The fraction of sp³-hybridized carbons (Fsp3) is 0.409. The summed E-state index contributed by atoms with van der Waals surface area (Å²) in [4.78, 5) is 26.0. The van der Waals surface area contributed by atoms with Gasteiger partial charge >= 0.3 is 5.97 Å². The van der Waals surface area contributed by atoms with Crippen molar-refractivity contribution in [1.29, 1.82) is 0 Å². The van der Waals surface area contributed by atoms with Crippen LogP contribution in [0, 0.1) is 19.8 Å². The number of nitrogens with zero attached hydrogens (tertiary/aromatic N) is 3. The number of piperidine rings is 1. The van der Waals surface area contributed by atoms with Crippen LogP contribution in [0.1, 0.15) is 36.7 Å². The summed E-state index contributed by atoms with van der Waals surface area (Å²) in [7, 11) is 0. The number of aromatic nitrogens is 2. The van der Waals surface area contributed by atoms with Gasteiger partial charge < -0.3 is 9.64 Å². The van der Waals surface area contributed by atoms with E-state index in [-0.39, 0.29) is 12.5 Å². The van der Waals surface area contributed by atoms with Crippen molar-refractivity contribution < 1.29 is 14.3 Å². The Morgan fingerprint density at radius 3 is 2.71 bits per heavy atom. The third kappa shape index (κ3) is 4.68. The number of para-hydroxylation sites is 1. The molecule has 28 heavy (non-hydrogen) atoms. The first-order valence-corrected chi connectivity index (χ1v) is 9.70. The predicted molar refractivity (Wildman–Crippen MR) is 108 cm³/mol. The predicted octanol–water partition coefficient (Wildman–Crippen LogP) is 3.30. The van der Waals surface area contributed by atoms with Crippen LogP contribution in [0.5, 0.6) is 0 Å². The molecule has 0 bridgehead atoms. The van der Waals surface area contributed by atoms with Gasteiger partial charge in [0.2, 0.25) is 0 Å². The molecule has 6 nitrogen and oxygen atoms in total. The molecule has 1 aliphatic rings. The van der Waals surface area contributed by atoms with E-state index in [1.54, 1.807) is 11.0 Å². The van der Waals surface area contributed by atoms with Gasteiger partial charge in [-0.3, -0.25) is 4.79 Å². The van der Waals surface area contributed by atoms with E-state index in [0.29, 0.717) is 5.92 Å². The highest BCUT2D eigenvalue weighted by Crippen LogP contribution is 2.19. The van der Waals surface area contributed by atoms with Crippen LogP contribution in [0.4, 0.5) is 0 Å². The number of esters is 1. The lowest BCUT2D eigenvalue weighted by Crippen LogP contribution is -2.41. The Balaban J connectivity index is 1.60. The van der Waals surface area contributed by atoms with Crippen molar-refractivity contribution in [2.24, 2.45) is 5.92 Å². The van der Waals surface area contributed by atoms with Crippen molar-refractivity contribution in [1.82, 2.24) is 14.7 Å². The molecule has 0 radical (unpaired) electrons. The van der Waals surface area contributed by atoms with Gasteiger partial charge in [-0.05, 0) is 50.8 Å². The lowest BCUT2D eigenvalue weighted by Gasteiger charge is -2.30. The average molecular weight is 381 g/mol. The van der Waals surface area contributed by atoms with E-state index >= 15 is 0 Å². The molecule has 0 saturated carbocycles. The van der Waals surface area contributed by atoms with Crippen molar-refractivity contribution in [3.8, 4) is 5.69 Å². The number of likely N-dealkylation sites (tertiary alicyclic amines) is 1. The van der Waals surface area contributed by atoms with Crippen LogP contribution in [0.15, 0.2) is 36.4 Å². The third-order valence-electron chi connectivity index (χ3n) is 5.08. The quantitative estimate of drug-likeness (QED) is 0.589. The summed E-state index contributed by atoms with van der Waals surface area (Å²) in [6.07, 6.45) is 5.21. The van der Waals surface area contributed by atoms with E-state index in [9.17, 15) is 9.59 Å². The SMILES string of the molecule is Cc1nn(-c2ccccc2)c(C)c1/C=C/C(=O)OCC(=O)N1CCC[C@H](C)C1. The minimum atomic E-state index is -0.523. The Hall–Kier alpha value is -2.89. The van der Waals surface area contributed by atoms with Crippen LogP contribution in [0.3, 0.4) is 0 Å². The summed E-state index contributed by atoms with van der Waals surface area (Å²) in [6.45, 7) is 7.26. The summed E-state index contributed by atoms with van der Waals surface area (Å²) in [5, 5.41) is 4.55. The molecule has 0 N–H and O–H groups in total. The van der Waals surface area contributed by atoms with Gasteiger partial charge in [-0.15, -0.1) is 0 Å². The van der Waals surface area contributed by atoms with Gasteiger partial charge in [-0.25, -0.2) is 9.48 Å². The molecule has 3 rings (SSSR count). The van der Waals surface area contributed by atoms with Crippen LogP contribution in [0.2, 0.25) is 0 Å². The summed E-state index contributed by atoms with van der Waals surface area (Å²) >= 11 is 0. The number of amides is 1. The second-order valence-electron chi connectivity index (χ2n) is 7.36. The van der Waals surface area contributed by atoms with Crippen LogP contribution in [-0.4, -0.2) is 46.3 Å². The zero-order valence-electron chi connectivity index (χ0n) is 16.7. The van der Waals surface area contributed by atoms with Crippen LogP contribution in [-0.2, 0) is 14.3 Å². The molecule has 0 unspecified atom stereocenters. The molecule has 2 heterocycles. The smallest absolute Gasteiger partial charge is 0.331 e. The maximum absolute atomic E-state index is 12.2. The number of carbonyl (C=O) groups is 2. The highest BCUT2D eigenvalue weighted by Gasteiger charge is 2.21. The molecule has 148 valence electrons. The number of carbonyl (C=O) groups excluding carboxylic acids is 2. The number of aryl methyl sites for hydroxylation is 1. The topological polar surface area (TPSA) is 64.4 Å². The molecule has 2 aromatic rings. The summed E-state index contributed by atoms with van der Waals surface area (Å²) in [6, 6.07) is 9.83. The number of ether oxygens (including phenoxy) is 1. The van der Waals surface area contributed by atoms with Crippen molar-refractivity contribution in [2.75, 3.05) is 19.7 Å². The van der Waals surface area contributed by atoms with Gasteiger partial charge in [-0.2, -0.15) is 5.10 Å². The van der Waals surface area contributed by atoms with Crippen molar-refractivity contribution in [3.05, 3.63) is 53.4 Å². The Labute approximate surface area is 165 Å². The van der Waals surface area contributed by atoms with E-state index in [1.165, 1.54) is 6.08 Å². The molecular weight excluding hydrogens is 354 g/mol. The maximum atomic E-state index is 12.2. The largest absolute Gasteiger partial charge is 0.452 e. The van der Waals surface area contributed by atoms with E-state index in [0.717, 1.165) is 48.6 Å². The Bertz CT molecular complexity index is 871. The standard InChI is InChI=1S/C22H27N3O3/c1-16-8-7-13-24(14-16)21(26)15-28-22(27)12-11-20-17(2)23-25(18(20)3)19-9-5-4-6-10-19/h4-6,9-12,16H,7-8,13-15H2,1-3H3/b12-11+/t16-/m0/s1. The Kier molecular flexibility index (Phi) is 6.29. The van der Waals surface area contributed by atoms with E-state index in [2.05, 4.69) is 12.0 Å². The molecule has 1 amide bonds. The molecule has 1 aromatic carbocycles. The van der Waals surface area contributed by atoms with E-state index in [4.69, 9.17) is 4.74 Å². The van der Waals surface area contributed by atoms with Crippen LogP contribution >= 0.6 is 0 Å². The maximum Gasteiger partial charge on any atom is 0.331 e. The second kappa shape index (κ2) is 8.87. The zero-order valence-corrected chi connectivity index (χ0v) is 16.7. The van der Waals surface area contributed by atoms with Gasteiger partial charge in [0, 0.05) is 30.4 Å². The van der Waals surface area contributed by atoms with Gasteiger partial charge in [0.25, 0.3) is 5.91 Å². The van der Waals surface area contributed by atoms with Gasteiger partial charge in [0.05, 0.1) is 11.4 Å². The summed E-state index contributed by atoms with van der Waals surface area (Å²) in [5.41, 5.74) is 3.60. The first-order chi connectivity index (χ1) is 13.5. The van der Waals surface area contributed by atoms with Crippen molar-refractivity contribution >= 4 is 18.0 Å². The Morgan fingerprint density at radius 1 is 1.25 bits per heavy atom. The molecule has 1 saturated heterocycles. The van der Waals surface area contributed by atoms with Crippen LogP contribution < -0.4 is 0 Å². The number of rotatable bonds is 5. The lowest BCUT2D eigenvalue weighted by atomic mass is 10.0. The van der Waals surface area contributed by atoms with Crippen molar-refractivity contribution in [3.63, 3.8) is 0 Å². The second-order valence-corrected chi connectivity index (χ2v) is 7.36. The first kappa shape index (κ1) is 19.9. The fourth-order valence-corrected chi connectivity index (χ4v) is 3.56. The monoisotopic (exact) mass is 381 g/mol. The molecular formula is C22H27N3O3. The molecule has 1 fully saturated rings. The van der Waals surface area contributed by atoms with Gasteiger partial charge in [-0.1, -0.05) is 25.1 Å². The zero-order chi connectivity index (χ0) is 20.1. The molecule has 1 aromatic heterocycles. The minimum Gasteiger partial charge on any atom is -0.452 e. The molecule has 1 atom stereocenters. The molecule has 0 spiro atoms. The fourth-order valence-electron chi connectivity index (χ4n) is 3.56. The number of benzene rings is 1. The lowest BCUT2D eigenvalue weighted by molar-refractivity contribution is -0.149. The first-order valence-electron chi connectivity index (χ1n) is 9.70. The number of hydrogen-bond acceptors (Lipinski definition) is 4. The average Bonchev–Trinajstić information content (AvgIpc) is 2.98. The number of hydrogen-bond donors (Lipinski definition) is 0. The van der Waals surface area contributed by atoms with E-state index < -0.39 is 5.97 Å². The van der Waals surface area contributed by atoms with Crippen LogP contribution in [0.25, 0.3) is 11.8 Å². The summed E-state index contributed by atoms with van der Waals surface area (Å²) in [5.74, 6) is -0.150. The molecule has 1 aliphatic heterocycles. The molecule has 0 aliphatic carbocycles.